The topological polar surface area (TPSA) is 0 Å². The third-order valence-electron chi connectivity index (χ3n) is 8.85. The highest BCUT2D eigenvalue weighted by atomic mass is 32.1. The predicted molar refractivity (Wildman–Crippen MR) is 188 cm³/mol. The number of rotatable bonds is 3. The average molecular weight is 563 g/mol. The SMILES string of the molecule is c1ccc(-c2c3ccccc3c(-c3cccc4c3sc3c(-c5ccc6ccccc6c5)cccc34)c3ccccc23)cc1. The van der Waals surface area contributed by atoms with Crippen molar-refractivity contribution in [2.75, 3.05) is 0 Å². The van der Waals surface area contributed by atoms with Crippen molar-refractivity contribution in [3.63, 3.8) is 0 Å². The summed E-state index contributed by atoms with van der Waals surface area (Å²) < 4.78 is 2.68. The fraction of sp³-hybridized carbons (Fsp3) is 0. The Hall–Kier alpha value is -5.24. The van der Waals surface area contributed by atoms with Gasteiger partial charge < -0.3 is 0 Å². The van der Waals surface area contributed by atoms with E-state index in [1.54, 1.807) is 0 Å². The van der Waals surface area contributed by atoms with E-state index >= 15 is 0 Å². The van der Waals surface area contributed by atoms with E-state index in [2.05, 4.69) is 158 Å². The summed E-state index contributed by atoms with van der Waals surface area (Å²) in [6.07, 6.45) is 0. The maximum atomic E-state index is 2.33. The molecule has 1 heterocycles. The monoisotopic (exact) mass is 562 g/mol. The van der Waals surface area contributed by atoms with Crippen LogP contribution < -0.4 is 0 Å². The van der Waals surface area contributed by atoms with E-state index in [1.165, 1.54) is 85.9 Å². The first kappa shape index (κ1) is 24.4. The molecule has 9 aromatic rings. The summed E-state index contributed by atoms with van der Waals surface area (Å²) in [5.74, 6) is 0. The zero-order valence-electron chi connectivity index (χ0n) is 23.4. The number of hydrogen-bond donors (Lipinski definition) is 0. The van der Waals surface area contributed by atoms with Gasteiger partial charge in [0.15, 0.2) is 0 Å². The van der Waals surface area contributed by atoms with Crippen LogP contribution in [0.15, 0.2) is 158 Å². The van der Waals surface area contributed by atoms with Crippen LogP contribution in [0, 0.1) is 0 Å². The lowest BCUT2D eigenvalue weighted by atomic mass is 9.86. The summed E-state index contributed by atoms with van der Waals surface area (Å²) in [6, 6.07) is 57.8. The second-order valence-corrected chi connectivity index (χ2v) is 12.3. The number of fused-ring (bicyclic) bond motifs is 6. The minimum atomic E-state index is 1.25. The lowest BCUT2D eigenvalue weighted by Crippen LogP contribution is -1.90. The molecule has 0 bridgehead atoms. The molecular weight excluding hydrogens is 537 g/mol. The molecule has 0 saturated heterocycles. The summed E-state index contributed by atoms with van der Waals surface area (Å²) in [6.45, 7) is 0. The molecule has 0 unspecified atom stereocenters. The van der Waals surface area contributed by atoms with E-state index in [0.717, 1.165) is 0 Å². The molecule has 9 rings (SSSR count). The highest BCUT2D eigenvalue weighted by Gasteiger charge is 2.20. The van der Waals surface area contributed by atoms with Crippen LogP contribution in [0.5, 0.6) is 0 Å². The molecular formula is C42H26S. The van der Waals surface area contributed by atoms with Gasteiger partial charge in [-0.15, -0.1) is 11.3 Å². The van der Waals surface area contributed by atoms with Gasteiger partial charge >= 0.3 is 0 Å². The Kier molecular flexibility index (Phi) is 5.47. The van der Waals surface area contributed by atoms with Crippen LogP contribution in [-0.4, -0.2) is 0 Å². The molecule has 0 radical (unpaired) electrons. The molecule has 8 aromatic carbocycles. The zero-order chi connectivity index (χ0) is 28.3. The molecule has 0 fully saturated rings. The fourth-order valence-corrected chi connectivity index (χ4v) is 8.29. The Labute approximate surface area is 254 Å². The van der Waals surface area contributed by atoms with Crippen LogP contribution in [0.4, 0.5) is 0 Å². The van der Waals surface area contributed by atoms with E-state index in [4.69, 9.17) is 0 Å². The van der Waals surface area contributed by atoms with Gasteiger partial charge in [0.2, 0.25) is 0 Å². The van der Waals surface area contributed by atoms with E-state index in [9.17, 15) is 0 Å². The van der Waals surface area contributed by atoms with E-state index < -0.39 is 0 Å². The van der Waals surface area contributed by atoms with Crippen molar-refractivity contribution >= 4 is 63.8 Å². The van der Waals surface area contributed by atoms with Gasteiger partial charge in [0.1, 0.15) is 0 Å². The minimum Gasteiger partial charge on any atom is -0.134 e. The molecule has 1 heteroatoms. The van der Waals surface area contributed by atoms with Crippen LogP contribution >= 0.6 is 11.3 Å². The number of hydrogen-bond acceptors (Lipinski definition) is 1. The van der Waals surface area contributed by atoms with Crippen LogP contribution in [0.1, 0.15) is 0 Å². The number of thiophene rings is 1. The third kappa shape index (κ3) is 3.75. The summed E-state index contributed by atoms with van der Waals surface area (Å²) in [4.78, 5) is 0. The molecule has 0 saturated carbocycles. The summed E-state index contributed by atoms with van der Waals surface area (Å²) in [7, 11) is 0. The third-order valence-corrected chi connectivity index (χ3v) is 10.1. The largest absolute Gasteiger partial charge is 0.134 e. The second-order valence-electron chi connectivity index (χ2n) is 11.2. The van der Waals surface area contributed by atoms with Crippen LogP contribution in [0.2, 0.25) is 0 Å². The summed E-state index contributed by atoms with van der Waals surface area (Å²) >= 11 is 1.93. The van der Waals surface area contributed by atoms with Gasteiger partial charge in [0.25, 0.3) is 0 Å². The number of benzene rings is 8. The smallest absolute Gasteiger partial charge is 0.0434 e. The van der Waals surface area contributed by atoms with Crippen molar-refractivity contribution in [1.29, 1.82) is 0 Å². The highest BCUT2D eigenvalue weighted by Crippen LogP contribution is 2.49. The normalized spacial score (nSPS) is 11.7. The van der Waals surface area contributed by atoms with E-state index in [1.807, 2.05) is 11.3 Å². The molecule has 0 nitrogen and oxygen atoms in total. The van der Waals surface area contributed by atoms with Gasteiger partial charge in [0.05, 0.1) is 0 Å². The molecule has 43 heavy (non-hydrogen) atoms. The first-order valence-electron chi connectivity index (χ1n) is 14.8. The Bertz CT molecular complexity index is 2440. The van der Waals surface area contributed by atoms with Crippen LogP contribution in [0.25, 0.3) is 85.9 Å². The molecule has 0 amide bonds. The average Bonchev–Trinajstić information content (AvgIpc) is 3.47. The van der Waals surface area contributed by atoms with Crippen molar-refractivity contribution in [2.45, 2.75) is 0 Å². The standard InChI is InChI=1S/C42H26S/c1-2-13-28(14-3-1)39-32-16-6-8-18-34(32)40(35-19-9-7-17-33(35)39)38-23-11-22-37-36-21-10-20-31(41(36)43-42(37)38)30-25-24-27-12-4-5-15-29(27)26-30/h1-26H. The van der Waals surface area contributed by atoms with Crippen molar-refractivity contribution in [1.82, 2.24) is 0 Å². The first-order chi connectivity index (χ1) is 21.3. The maximum Gasteiger partial charge on any atom is 0.0434 e. The molecule has 0 spiro atoms. The molecule has 200 valence electrons. The molecule has 0 aliphatic rings. The van der Waals surface area contributed by atoms with E-state index in [-0.39, 0.29) is 0 Å². The van der Waals surface area contributed by atoms with Crippen molar-refractivity contribution < 1.29 is 0 Å². The van der Waals surface area contributed by atoms with Gasteiger partial charge in [-0.05, 0) is 66.2 Å². The molecule has 1 aromatic heterocycles. The molecule has 0 atom stereocenters. The Morgan fingerprint density at radius 2 is 0.814 bits per heavy atom. The quantitative estimate of drug-likeness (QED) is 0.188. The zero-order valence-corrected chi connectivity index (χ0v) is 24.2. The van der Waals surface area contributed by atoms with Gasteiger partial charge in [-0.25, -0.2) is 0 Å². The van der Waals surface area contributed by atoms with Crippen LogP contribution in [0.3, 0.4) is 0 Å². The molecule has 0 aliphatic carbocycles. The van der Waals surface area contributed by atoms with Gasteiger partial charge in [-0.2, -0.15) is 0 Å². The summed E-state index contributed by atoms with van der Waals surface area (Å²) in [5.41, 5.74) is 7.73. The van der Waals surface area contributed by atoms with Crippen molar-refractivity contribution in [2.24, 2.45) is 0 Å². The Morgan fingerprint density at radius 3 is 1.49 bits per heavy atom. The predicted octanol–water partition coefficient (Wildman–Crippen LogP) is 12.5. The lowest BCUT2D eigenvalue weighted by molar-refractivity contribution is 1.67. The molecule has 0 aliphatic heterocycles. The Morgan fingerprint density at radius 1 is 0.302 bits per heavy atom. The Balaban J connectivity index is 1.37. The van der Waals surface area contributed by atoms with Gasteiger partial charge in [-0.3, -0.25) is 0 Å². The van der Waals surface area contributed by atoms with E-state index in [0.29, 0.717) is 0 Å². The van der Waals surface area contributed by atoms with Gasteiger partial charge in [-0.1, -0.05) is 152 Å². The van der Waals surface area contributed by atoms with Gasteiger partial charge in [0, 0.05) is 25.7 Å². The van der Waals surface area contributed by atoms with Crippen LogP contribution in [-0.2, 0) is 0 Å². The minimum absolute atomic E-state index is 1.25. The maximum absolute atomic E-state index is 2.33. The summed E-state index contributed by atoms with van der Waals surface area (Å²) in [5, 5.41) is 10.3. The van der Waals surface area contributed by atoms with Crippen molar-refractivity contribution in [3.05, 3.63) is 158 Å². The molecule has 0 N–H and O–H groups in total. The highest BCUT2D eigenvalue weighted by molar-refractivity contribution is 7.26. The second kappa shape index (κ2) is 9.66. The van der Waals surface area contributed by atoms with Crippen molar-refractivity contribution in [3.8, 4) is 33.4 Å². The first-order valence-corrected chi connectivity index (χ1v) is 15.6. The fourth-order valence-electron chi connectivity index (χ4n) is 6.94. The lowest BCUT2D eigenvalue weighted by Gasteiger charge is -2.18.